The van der Waals surface area contributed by atoms with E-state index in [9.17, 15) is 14.4 Å². The fraction of sp³-hybridized carbons (Fsp3) is 0.167. The van der Waals surface area contributed by atoms with E-state index in [1.54, 1.807) is 24.4 Å². The fourth-order valence-electron chi connectivity index (χ4n) is 2.30. The summed E-state index contributed by atoms with van der Waals surface area (Å²) < 4.78 is 14.3. The number of hydrogen-bond donors (Lipinski definition) is 0. The lowest BCUT2D eigenvalue weighted by Gasteiger charge is -2.23. The van der Waals surface area contributed by atoms with Gasteiger partial charge < -0.3 is 19.1 Å². The maximum absolute atomic E-state index is 12.4. The van der Waals surface area contributed by atoms with Crippen LogP contribution in [0.3, 0.4) is 0 Å². The van der Waals surface area contributed by atoms with Crippen molar-refractivity contribution in [3.8, 4) is 0 Å². The normalized spacial score (nSPS) is 13.3. The molecule has 0 amide bonds. The summed E-state index contributed by atoms with van der Waals surface area (Å²) in [6.07, 6.45) is 6.17. The molecule has 26 heavy (non-hydrogen) atoms. The van der Waals surface area contributed by atoms with Crippen LogP contribution in [0.25, 0.3) is 0 Å². The summed E-state index contributed by atoms with van der Waals surface area (Å²) in [4.78, 5) is 37.8. The van der Waals surface area contributed by atoms with Crippen molar-refractivity contribution in [3.05, 3.63) is 64.5 Å². The Hall–Kier alpha value is -3.06. The van der Waals surface area contributed by atoms with Crippen LogP contribution in [0.15, 0.2) is 53.9 Å². The minimum atomic E-state index is -0.754. The number of anilines is 1. The molecule has 0 spiro atoms. The molecule has 1 aromatic carbocycles. The number of carbonyl (C=O) groups is 3. The monoisotopic (exact) mass is 377 g/mol. The summed E-state index contributed by atoms with van der Waals surface area (Å²) in [6, 6.07) is 4.52. The highest BCUT2D eigenvalue weighted by Crippen LogP contribution is 2.29. The molecule has 0 fully saturated rings. The largest absolute Gasteiger partial charge is 0.465 e. The Morgan fingerprint density at radius 2 is 1.58 bits per heavy atom. The summed E-state index contributed by atoms with van der Waals surface area (Å²) in [6.45, 7) is 0. The number of nitrogens with zero attached hydrogens (tertiary/aromatic N) is 1. The van der Waals surface area contributed by atoms with Gasteiger partial charge in [0.05, 0.1) is 37.5 Å². The van der Waals surface area contributed by atoms with Crippen molar-refractivity contribution in [1.29, 1.82) is 0 Å². The zero-order valence-corrected chi connectivity index (χ0v) is 15.1. The number of allylic oxidation sites excluding steroid dienone is 2. The molecule has 0 bridgehead atoms. The minimum Gasteiger partial charge on any atom is -0.465 e. The molecular weight excluding hydrogens is 362 g/mol. The van der Waals surface area contributed by atoms with Crippen molar-refractivity contribution >= 4 is 35.2 Å². The lowest BCUT2D eigenvalue weighted by Crippen LogP contribution is -2.27. The van der Waals surface area contributed by atoms with Gasteiger partial charge in [0.25, 0.3) is 0 Å². The van der Waals surface area contributed by atoms with Crippen LogP contribution in [0.1, 0.15) is 10.4 Å². The second-order valence-electron chi connectivity index (χ2n) is 4.97. The Morgan fingerprint density at radius 3 is 2.19 bits per heavy atom. The van der Waals surface area contributed by atoms with Crippen molar-refractivity contribution in [3.63, 3.8) is 0 Å². The average molecular weight is 378 g/mol. The van der Waals surface area contributed by atoms with Gasteiger partial charge in [-0.15, -0.1) is 0 Å². The molecule has 0 saturated heterocycles. The number of rotatable bonds is 4. The lowest BCUT2D eigenvalue weighted by atomic mass is 10.1. The SMILES string of the molecule is COC(=O)C1=C(C(=O)OC)N(c2ccc(Cl)c(C(=O)OC)c2)C=CC=C1. The van der Waals surface area contributed by atoms with Gasteiger partial charge in [-0.1, -0.05) is 17.7 Å². The maximum atomic E-state index is 12.4. The van der Waals surface area contributed by atoms with Gasteiger partial charge in [-0.05, 0) is 30.4 Å². The van der Waals surface area contributed by atoms with Crippen molar-refractivity contribution in [2.45, 2.75) is 0 Å². The zero-order chi connectivity index (χ0) is 19.3. The van der Waals surface area contributed by atoms with E-state index < -0.39 is 17.9 Å². The smallest absolute Gasteiger partial charge is 0.355 e. The highest BCUT2D eigenvalue weighted by atomic mass is 35.5. The van der Waals surface area contributed by atoms with E-state index in [0.29, 0.717) is 5.69 Å². The van der Waals surface area contributed by atoms with E-state index in [1.165, 1.54) is 44.4 Å². The van der Waals surface area contributed by atoms with Crippen LogP contribution in [-0.2, 0) is 23.8 Å². The molecule has 2 rings (SSSR count). The van der Waals surface area contributed by atoms with Gasteiger partial charge in [0.15, 0.2) is 0 Å². The first-order valence-corrected chi connectivity index (χ1v) is 7.75. The quantitative estimate of drug-likeness (QED) is 0.589. The number of benzene rings is 1. The number of hydrogen-bond acceptors (Lipinski definition) is 7. The van der Waals surface area contributed by atoms with Crippen molar-refractivity contribution in [2.75, 3.05) is 26.2 Å². The van der Waals surface area contributed by atoms with Crippen molar-refractivity contribution < 1.29 is 28.6 Å². The molecule has 0 unspecified atom stereocenters. The zero-order valence-electron chi connectivity index (χ0n) is 14.3. The van der Waals surface area contributed by atoms with Crippen LogP contribution in [0.5, 0.6) is 0 Å². The molecule has 7 nitrogen and oxygen atoms in total. The Balaban J connectivity index is 2.67. The molecule has 0 aromatic heterocycles. The summed E-state index contributed by atoms with van der Waals surface area (Å²) in [7, 11) is 3.64. The van der Waals surface area contributed by atoms with Gasteiger partial charge in [-0.3, -0.25) is 0 Å². The topological polar surface area (TPSA) is 82.1 Å². The third kappa shape index (κ3) is 3.78. The Kier molecular flexibility index (Phi) is 6.19. The molecule has 1 aliphatic rings. The van der Waals surface area contributed by atoms with Gasteiger partial charge in [0.2, 0.25) is 0 Å². The highest BCUT2D eigenvalue weighted by molar-refractivity contribution is 6.33. The standard InChI is InChI=1S/C18H16ClNO6/c1-24-16(21)12-6-4-5-9-20(15(12)18(23)26-3)11-7-8-14(19)13(10-11)17(22)25-2/h4-10H,1-3H3. The van der Waals surface area contributed by atoms with Crippen LogP contribution >= 0.6 is 11.6 Å². The summed E-state index contributed by atoms with van der Waals surface area (Å²) in [5.41, 5.74) is 0.444. The molecule has 0 atom stereocenters. The number of carbonyl (C=O) groups excluding carboxylic acids is 3. The minimum absolute atomic E-state index is 0.00100. The molecule has 8 heteroatoms. The van der Waals surface area contributed by atoms with Crippen LogP contribution in [0, 0.1) is 0 Å². The molecular formula is C18H16ClNO6. The van der Waals surface area contributed by atoms with E-state index >= 15 is 0 Å². The molecule has 0 saturated carbocycles. The summed E-state index contributed by atoms with van der Waals surface area (Å²) in [5.74, 6) is -2.10. The highest BCUT2D eigenvalue weighted by Gasteiger charge is 2.28. The van der Waals surface area contributed by atoms with Gasteiger partial charge in [0, 0.05) is 11.9 Å². The van der Waals surface area contributed by atoms with E-state index in [-0.39, 0.29) is 21.9 Å². The Bertz CT molecular complexity index is 840. The van der Waals surface area contributed by atoms with Crippen LogP contribution in [0.2, 0.25) is 5.02 Å². The van der Waals surface area contributed by atoms with Gasteiger partial charge in [-0.2, -0.15) is 0 Å². The van der Waals surface area contributed by atoms with E-state index in [4.69, 9.17) is 25.8 Å². The second kappa shape index (κ2) is 8.35. The number of methoxy groups -OCH3 is 3. The first-order valence-electron chi connectivity index (χ1n) is 7.37. The molecule has 1 heterocycles. The first kappa shape index (κ1) is 19.3. The average Bonchev–Trinajstić information content (AvgIpc) is 2.89. The number of esters is 3. The predicted octanol–water partition coefficient (Wildman–Crippen LogP) is 2.62. The molecule has 1 aromatic rings. The van der Waals surface area contributed by atoms with Crippen LogP contribution in [-0.4, -0.2) is 39.2 Å². The first-order chi connectivity index (χ1) is 12.4. The van der Waals surface area contributed by atoms with Crippen LogP contribution < -0.4 is 4.90 Å². The summed E-state index contributed by atoms with van der Waals surface area (Å²) in [5, 5.41) is 0.189. The molecule has 136 valence electrons. The van der Waals surface area contributed by atoms with E-state index in [1.807, 2.05) is 0 Å². The second-order valence-corrected chi connectivity index (χ2v) is 5.38. The molecule has 0 N–H and O–H groups in total. The molecule has 0 aliphatic carbocycles. The Morgan fingerprint density at radius 1 is 0.923 bits per heavy atom. The molecule has 1 aliphatic heterocycles. The summed E-state index contributed by atoms with van der Waals surface area (Å²) >= 11 is 6.04. The molecule has 0 radical (unpaired) electrons. The third-order valence-electron chi connectivity index (χ3n) is 3.52. The van der Waals surface area contributed by atoms with Crippen LogP contribution in [0.4, 0.5) is 5.69 Å². The number of halogens is 1. The Labute approximate surface area is 155 Å². The number of ether oxygens (including phenoxy) is 3. The van der Waals surface area contributed by atoms with Gasteiger partial charge >= 0.3 is 17.9 Å². The third-order valence-corrected chi connectivity index (χ3v) is 3.85. The van der Waals surface area contributed by atoms with E-state index in [0.717, 1.165) is 0 Å². The maximum Gasteiger partial charge on any atom is 0.355 e. The fourth-order valence-corrected chi connectivity index (χ4v) is 2.49. The predicted molar refractivity (Wildman–Crippen MR) is 94.6 cm³/mol. The van der Waals surface area contributed by atoms with E-state index in [2.05, 4.69) is 0 Å². The van der Waals surface area contributed by atoms with Gasteiger partial charge in [-0.25, -0.2) is 14.4 Å². The lowest BCUT2D eigenvalue weighted by molar-refractivity contribution is -0.139. The van der Waals surface area contributed by atoms with Crippen molar-refractivity contribution in [2.24, 2.45) is 0 Å². The van der Waals surface area contributed by atoms with Gasteiger partial charge in [0.1, 0.15) is 5.70 Å². The van der Waals surface area contributed by atoms with Crippen molar-refractivity contribution in [1.82, 2.24) is 0 Å².